The predicted molar refractivity (Wildman–Crippen MR) is 137 cm³/mol. The zero-order valence-electron chi connectivity index (χ0n) is 20.2. The van der Waals surface area contributed by atoms with Crippen molar-refractivity contribution < 1.29 is 0 Å². The van der Waals surface area contributed by atoms with Crippen LogP contribution in [-0.4, -0.2) is 28.7 Å². The van der Waals surface area contributed by atoms with Gasteiger partial charge < -0.3 is 0 Å². The SMILES string of the molecule is C/C=C/n1ncn(Cc2ccccc2)c1=O.C/C=C/n1ncn(Cc2ccccc2)c1=O.CC. The molecule has 2 heterocycles. The van der Waals surface area contributed by atoms with E-state index in [1.807, 2.05) is 88.4 Å². The van der Waals surface area contributed by atoms with Crippen LogP contribution in [0.3, 0.4) is 0 Å². The van der Waals surface area contributed by atoms with Crippen molar-refractivity contribution in [3.8, 4) is 0 Å². The highest BCUT2D eigenvalue weighted by atomic mass is 16.2. The lowest BCUT2D eigenvalue weighted by Crippen LogP contribution is -2.22. The standard InChI is InChI=1S/2C12H13N3O.C2H6/c2*1-2-8-15-12(16)14(10-13-15)9-11-6-4-3-5-7-11;1-2/h2*2-8,10H,9H2,1H3;1-2H3/b2*8-2+;. The van der Waals surface area contributed by atoms with Crippen molar-refractivity contribution in [2.45, 2.75) is 40.8 Å². The highest BCUT2D eigenvalue weighted by molar-refractivity contribution is 5.19. The first-order valence-corrected chi connectivity index (χ1v) is 11.2. The molecule has 0 saturated carbocycles. The van der Waals surface area contributed by atoms with Crippen LogP contribution in [0, 0.1) is 0 Å². The van der Waals surface area contributed by atoms with E-state index in [0.717, 1.165) is 11.1 Å². The van der Waals surface area contributed by atoms with Gasteiger partial charge in [-0.2, -0.15) is 19.6 Å². The van der Waals surface area contributed by atoms with Crippen LogP contribution in [0.1, 0.15) is 38.8 Å². The summed E-state index contributed by atoms with van der Waals surface area (Å²) in [6.45, 7) is 8.81. The summed E-state index contributed by atoms with van der Waals surface area (Å²) in [5, 5.41) is 7.96. The van der Waals surface area contributed by atoms with Crippen LogP contribution in [0.15, 0.2) is 95.1 Å². The summed E-state index contributed by atoms with van der Waals surface area (Å²) in [5.41, 5.74) is 1.93. The molecule has 0 N–H and O–H groups in total. The van der Waals surface area contributed by atoms with Gasteiger partial charge in [0.05, 0.1) is 13.1 Å². The number of aromatic nitrogens is 6. The summed E-state index contributed by atoms with van der Waals surface area (Å²) in [6.07, 6.45) is 9.95. The molecule has 0 spiro atoms. The zero-order valence-corrected chi connectivity index (χ0v) is 20.2. The molecular formula is C26H32N6O2. The van der Waals surface area contributed by atoms with E-state index in [4.69, 9.17) is 0 Å². The van der Waals surface area contributed by atoms with Crippen molar-refractivity contribution in [3.05, 3.63) is 118 Å². The van der Waals surface area contributed by atoms with E-state index in [9.17, 15) is 9.59 Å². The van der Waals surface area contributed by atoms with Crippen LogP contribution < -0.4 is 11.4 Å². The second kappa shape index (κ2) is 14.1. The minimum Gasteiger partial charge on any atom is -0.277 e. The number of hydrogen-bond donors (Lipinski definition) is 0. The van der Waals surface area contributed by atoms with Crippen molar-refractivity contribution in [2.24, 2.45) is 0 Å². The maximum absolute atomic E-state index is 11.8. The van der Waals surface area contributed by atoms with Gasteiger partial charge in [0.2, 0.25) is 0 Å². The van der Waals surface area contributed by atoms with E-state index >= 15 is 0 Å². The number of rotatable bonds is 6. The number of nitrogens with zero attached hydrogens (tertiary/aromatic N) is 6. The first kappa shape index (κ1) is 26.1. The number of hydrogen-bond acceptors (Lipinski definition) is 4. The monoisotopic (exact) mass is 460 g/mol. The molecule has 0 radical (unpaired) electrons. The Morgan fingerprint density at radius 3 is 1.32 bits per heavy atom. The summed E-state index contributed by atoms with van der Waals surface area (Å²) in [4.78, 5) is 23.6. The normalized spacial score (nSPS) is 10.6. The van der Waals surface area contributed by atoms with Crippen LogP contribution >= 0.6 is 0 Å². The number of allylic oxidation sites excluding steroid dienone is 2. The van der Waals surface area contributed by atoms with E-state index in [1.54, 1.807) is 46.3 Å². The molecule has 0 fully saturated rings. The number of benzene rings is 2. The molecule has 8 heteroatoms. The van der Waals surface area contributed by atoms with Gasteiger partial charge in [-0.15, -0.1) is 0 Å². The van der Waals surface area contributed by atoms with Crippen LogP contribution in [0.5, 0.6) is 0 Å². The summed E-state index contributed by atoms with van der Waals surface area (Å²) in [5.74, 6) is 0. The molecule has 178 valence electrons. The molecule has 0 bridgehead atoms. The molecule has 2 aromatic carbocycles. The molecule has 4 rings (SSSR count). The Bertz CT molecular complexity index is 1180. The van der Waals surface area contributed by atoms with Crippen molar-refractivity contribution >= 4 is 12.4 Å². The molecule has 0 unspecified atom stereocenters. The average molecular weight is 461 g/mol. The molecule has 2 aromatic heterocycles. The third-order valence-corrected chi connectivity index (χ3v) is 4.49. The Morgan fingerprint density at radius 2 is 1.00 bits per heavy atom. The molecule has 0 atom stereocenters. The Kier molecular flexibility index (Phi) is 10.8. The Labute approximate surface area is 199 Å². The van der Waals surface area contributed by atoms with Crippen LogP contribution in [0.25, 0.3) is 12.4 Å². The molecule has 0 aliphatic rings. The maximum atomic E-state index is 11.8. The van der Waals surface area contributed by atoms with Crippen molar-refractivity contribution in [1.82, 2.24) is 28.7 Å². The zero-order chi connectivity index (χ0) is 24.8. The highest BCUT2D eigenvalue weighted by Gasteiger charge is 2.03. The van der Waals surface area contributed by atoms with Gasteiger partial charge in [-0.05, 0) is 25.0 Å². The lowest BCUT2D eigenvalue weighted by atomic mass is 10.2. The van der Waals surface area contributed by atoms with E-state index in [0.29, 0.717) is 13.1 Å². The van der Waals surface area contributed by atoms with E-state index in [-0.39, 0.29) is 11.4 Å². The molecule has 0 aliphatic carbocycles. The van der Waals surface area contributed by atoms with Crippen molar-refractivity contribution in [3.63, 3.8) is 0 Å². The molecule has 8 nitrogen and oxygen atoms in total. The van der Waals surface area contributed by atoms with Gasteiger partial charge in [0.1, 0.15) is 12.7 Å². The Balaban J connectivity index is 0.000000224. The quantitative estimate of drug-likeness (QED) is 0.432. The molecule has 4 aromatic rings. The molecular weight excluding hydrogens is 428 g/mol. The van der Waals surface area contributed by atoms with E-state index in [2.05, 4.69) is 10.2 Å². The fraction of sp³-hybridized carbons (Fsp3) is 0.231. The third kappa shape index (κ3) is 7.44. The van der Waals surface area contributed by atoms with Gasteiger partial charge in [0.15, 0.2) is 0 Å². The van der Waals surface area contributed by atoms with E-state index in [1.165, 1.54) is 9.36 Å². The smallest absolute Gasteiger partial charge is 0.277 e. The molecule has 34 heavy (non-hydrogen) atoms. The average Bonchev–Trinajstić information content (AvgIpc) is 3.40. The van der Waals surface area contributed by atoms with Crippen LogP contribution in [0.2, 0.25) is 0 Å². The minimum atomic E-state index is -0.123. The van der Waals surface area contributed by atoms with E-state index < -0.39 is 0 Å². The molecule has 0 saturated heterocycles. The van der Waals surface area contributed by atoms with Gasteiger partial charge in [0.25, 0.3) is 0 Å². The first-order chi connectivity index (χ1) is 16.6. The summed E-state index contributed by atoms with van der Waals surface area (Å²) in [7, 11) is 0. The van der Waals surface area contributed by atoms with Gasteiger partial charge in [-0.25, -0.2) is 9.59 Å². The van der Waals surface area contributed by atoms with Gasteiger partial charge in [-0.3, -0.25) is 9.13 Å². The molecule has 0 amide bonds. The lowest BCUT2D eigenvalue weighted by Gasteiger charge is -1.99. The summed E-state index contributed by atoms with van der Waals surface area (Å²) in [6, 6.07) is 19.7. The fourth-order valence-electron chi connectivity index (χ4n) is 2.96. The minimum absolute atomic E-state index is 0.123. The topological polar surface area (TPSA) is 79.6 Å². The van der Waals surface area contributed by atoms with Gasteiger partial charge in [0, 0.05) is 12.4 Å². The highest BCUT2D eigenvalue weighted by Crippen LogP contribution is 2.00. The largest absolute Gasteiger partial charge is 0.350 e. The Hall–Kier alpha value is -4.20. The fourth-order valence-corrected chi connectivity index (χ4v) is 2.96. The third-order valence-electron chi connectivity index (χ3n) is 4.49. The van der Waals surface area contributed by atoms with Crippen molar-refractivity contribution in [1.29, 1.82) is 0 Å². The second-order valence-electron chi connectivity index (χ2n) is 6.91. The lowest BCUT2D eigenvalue weighted by molar-refractivity contribution is 0.748. The first-order valence-electron chi connectivity index (χ1n) is 11.2. The van der Waals surface area contributed by atoms with Gasteiger partial charge in [-0.1, -0.05) is 86.7 Å². The second-order valence-corrected chi connectivity index (χ2v) is 6.91. The summed E-state index contributed by atoms with van der Waals surface area (Å²) < 4.78 is 5.80. The van der Waals surface area contributed by atoms with Crippen LogP contribution in [0.4, 0.5) is 0 Å². The van der Waals surface area contributed by atoms with Gasteiger partial charge >= 0.3 is 11.4 Å². The maximum Gasteiger partial charge on any atom is 0.350 e. The molecule has 0 aliphatic heterocycles. The predicted octanol–water partition coefficient (Wildman–Crippen LogP) is 4.19. The van der Waals surface area contributed by atoms with Crippen LogP contribution in [-0.2, 0) is 13.1 Å². The Morgan fingerprint density at radius 1 is 0.647 bits per heavy atom. The van der Waals surface area contributed by atoms with Crippen molar-refractivity contribution in [2.75, 3.05) is 0 Å². The summed E-state index contributed by atoms with van der Waals surface area (Å²) >= 11 is 0.